The lowest BCUT2D eigenvalue weighted by molar-refractivity contribution is 0.0948. The van der Waals surface area contributed by atoms with Crippen LogP contribution < -0.4 is 11.1 Å². The molecule has 1 amide bonds. The second-order valence-corrected chi connectivity index (χ2v) is 5.16. The lowest BCUT2D eigenvalue weighted by Gasteiger charge is -2.01. The largest absolute Gasteiger partial charge is 0.351 e. The van der Waals surface area contributed by atoms with Crippen molar-refractivity contribution in [3.8, 4) is 0 Å². The van der Waals surface area contributed by atoms with Gasteiger partial charge in [0, 0.05) is 11.4 Å². The fourth-order valence-electron chi connectivity index (χ4n) is 1.60. The van der Waals surface area contributed by atoms with Crippen LogP contribution in [-0.2, 0) is 6.54 Å². The first-order chi connectivity index (χ1) is 9.29. The van der Waals surface area contributed by atoms with Gasteiger partial charge in [0.1, 0.15) is 0 Å². The topological polar surface area (TPSA) is 85.8 Å². The first-order valence-corrected chi connectivity index (χ1v) is 7.08. The summed E-state index contributed by atoms with van der Waals surface area (Å²) in [5, 5.41) is 12.6. The summed E-state index contributed by atoms with van der Waals surface area (Å²) in [6, 6.07) is 4.01. The minimum absolute atomic E-state index is 0.186. The Hall–Kier alpha value is -1.73. The molecule has 0 radical (unpaired) electrons. The Morgan fingerprint density at radius 2 is 2.37 bits per heavy atom. The van der Waals surface area contributed by atoms with Crippen LogP contribution in [0.25, 0.3) is 0 Å². The minimum Gasteiger partial charge on any atom is -0.351 e. The summed E-state index contributed by atoms with van der Waals surface area (Å²) < 4.78 is 1.67. The molecule has 3 N–H and O–H groups in total. The van der Waals surface area contributed by atoms with Crippen molar-refractivity contribution in [2.75, 3.05) is 13.1 Å². The lowest BCUT2D eigenvalue weighted by atomic mass is 10.3. The predicted molar refractivity (Wildman–Crippen MR) is 74.1 cm³/mol. The lowest BCUT2D eigenvalue weighted by Crippen LogP contribution is -2.25. The highest BCUT2D eigenvalue weighted by atomic mass is 32.1. The number of hydrogen-bond donors (Lipinski definition) is 2. The maximum absolute atomic E-state index is 11.8. The molecule has 0 fully saturated rings. The van der Waals surface area contributed by atoms with Crippen LogP contribution in [0.5, 0.6) is 0 Å². The summed E-state index contributed by atoms with van der Waals surface area (Å²) in [5.41, 5.74) is 5.74. The molecule has 0 saturated carbocycles. The van der Waals surface area contributed by atoms with Crippen LogP contribution in [0, 0.1) is 0 Å². The molecule has 0 aliphatic rings. The third-order valence-electron chi connectivity index (χ3n) is 2.59. The van der Waals surface area contributed by atoms with Crippen LogP contribution >= 0.6 is 11.3 Å². The van der Waals surface area contributed by atoms with E-state index in [0.717, 1.165) is 12.8 Å². The summed E-state index contributed by atoms with van der Waals surface area (Å²) in [4.78, 5) is 12.9. The maximum atomic E-state index is 11.8. The van der Waals surface area contributed by atoms with Gasteiger partial charge in [-0.05, 0) is 30.8 Å². The van der Waals surface area contributed by atoms with E-state index >= 15 is 0 Å². The second kappa shape index (κ2) is 7.01. The molecule has 2 aromatic rings. The fourth-order valence-corrected chi connectivity index (χ4v) is 2.30. The number of thiophene rings is 1. The van der Waals surface area contributed by atoms with Crippen molar-refractivity contribution in [3.05, 3.63) is 34.3 Å². The van der Waals surface area contributed by atoms with Crippen molar-refractivity contribution in [3.63, 3.8) is 0 Å². The number of nitrogens with one attached hydrogen (secondary N) is 1. The van der Waals surface area contributed by atoms with Gasteiger partial charge >= 0.3 is 0 Å². The van der Waals surface area contributed by atoms with Gasteiger partial charge in [0.25, 0.3) is 5.91 Å². The third-order valence-corrected chi connectivity index (χ3v) is 3.45. The molecule has 2 aromatic heterocycles. The minimum atomic E-state index is -0.186. The van der Waals surface area contributed by atoms with Crippen molar-refractivity contribution in [1.29, 1.82) is 0 Å². The first-order valence-electron chi connectivity index (χ1n) is 6.20. The zero-order valence-electron chi connectivity index (χ0n) is 10.6. The monoisotopic (exact) mass is 279 g/mol. The van der Waals surface area contributed by atoms with Crippen LogP contribution in [0.3, 0.4) is 0 Å². The van der Waals surface area contributed by atoms with Crippen molar-refractivity contribution < 1.29 is 4.79 Å². The number of carbonyl (C=O) groups is 1. The van der Waals surface area contributed by atoms with Crippen molar-refractivity contribution >= 4 is 17.2 Å². The number of hydrogen-bond acceptors (Lipinski definition) is 5. The normalized spacial score (nSPS) is 10.6. The third kappa shape index (κ3) is 4.15. The zero-order chi connectivity index (χ0) is 13.5. The van der Waals surface area contributed by atoms with Gasteiger partial charge in [0.05, 0.1) is 12.7 Å². The Morgan fingerprint density at radius 1 is 1.47 bits per heavy atom. The SMILES string of the molecule is NCCCCNC(=O)c1cn(Cc2cccs2)nn1. The van der Waals surface area contributed by atoms with E-state index in [-0.39, 0.29) is 5.91 Å². The van der Waals surface area contributed by atoms with E-state index in [1.807, 2.05) is 17.5 Å². The van der Waals surface area contributed by atoms with Crippen LogP contribution in [0.1, 0.15) is 28.2 Å². The molecule has 19 heavy (non-hydrogen) atoms. The molecule has 2 heterocycles. The molecule has 102 valence electrons. The van der Waals surface area contributed by atoms with Gasteiger partial charge in [-0.2, -0.15) is 0 Å². The Balaban J connectivity index is 1.84. The summed E-state index contributed by atoms with van der Waals surface area (Å²) >= 11 is 1.65. The highest BCUT2D eigenvalue weighted by molar-refractivity contribution is 7.09. The Kier molecular flexibility index (Phi) is 5.05. The van der Waals surface area contributed by atoms with E-state index in [9.17, 15) is 4.79 Å². The summed E-state index contributed by atoms with van der Waals surface area (Å²) in [6.45, 7) is 1.91. The molecule has 0 unspecified atom stereocenters. The molecule has 0 aliphatic heterocycles. The molecule has 0 bridgehead atoms. The van der Waals surface area contributed by atoms with Gasteiger partial charge in [-0.25, -0.2) is 4.68 Å². The first kappa shape index (κ1) is 13.7. The standard InChI is InChI=1S/C12H17N5OS/c13-5-1-2-6-14-12(18)11-9-17(16-15-11)8-10-4-3-7-19-10/h3-4,7,9H,1-2,5-6,8,13H2,(H,14,18). The second-order valence-electron chi connectivity index (χ2n) is 4.13. The van der Waals surface area contributed by atoms with Gasteiger partial charge in [-0.3, -0.25) is 4.79 Å². The Bertz CT molecular complexity index is 508. The van der Waals surface area contributed by atoms with Crippen LogP contribution in [0.4, 0.5) is 0 Å². The number of unbranched alkanes of at least 4 members (excludes halogenated alkanes) is 1. The van der Waals surface area contributed by atoms with E-state index in [2.05, 4.69) is 15.6 Å². The van der Waals surface area contributed by atoms with Crippen molar-refractivity contribution in [2.24, 2.45) is 5.73 Å². The molecular formula is C12H17N5OS. The van der Waals surface area contributed by atoms with E-state index in [0.29, 0.717) is 25.3 Å². The van der Waals surface area contributed by atoms with Gasteiger partial charge in [-0.1, -0.05) is 11.3 Å². The summed E-state index contributed by atoms with van der Waals surface area (Å²) in [6.07, 6.45) is 3.45. The predicted octanol–water partition coefficient (Wildman–Crippen LogP) is 0.857. The average molecular weight is 279 g/mol. The molecule has 7 heteroatoms. The molecule has 6 nitrogen and oxygen atoms in total. The van der Waals surface area contributed by atoms with Gasteiger partial charge in [0.2, 0.25) is 0 Å². The maximum Gasteiger partial charge on any atom is 0.273 e. The molecule has 0 spiro atoms. The van der Waals surface area contributed by atoms with E-state index < -0.39 is 0 Å². The average Bonchev–Trinajstić information content (AvgIpc) is 3.06. The summed E-state index contributed by atoms with van der Waals surface area (Å²) in [5.74, 6) is -0.186. The van der Waals surface area contributed by atoms with Crippen LogP contribution in [0.2, 0.25) is 0 Å². The van der Waals surface area contributed by atoms with Crippen molar-refractivity contribution in [1.82, 2.24) is 20.3 Å². The van der Waals surface area contributed by atoms with Gasteiger partial charge in [0.15, 0.2) is 5.69 Å². The number of rotatable bonds is 7. The van der Waals surface area contributed by atoms with E-state index in [1.165, 1.54) is 4.88 Å². The highest BCUT2D eigenvalue weighted by Crippen LogP contribution is 2.09. The molecule has 0 aromatic carbocycles. The fraction of sp³-hybridized carbons (Fsp3) is 0.417. The smallest absolute Gasteiger partial charge is 0.273 e. The van der Waals surface area contributed by atoms with Gasteiger partial charge in [-0.15, -0.1) is 16.4 Å². The van der Waals surface area contributed by atoms with E-state index in [1.54, 1.807) is 22.2 Å². The molecule has 0 atom stereocenters. The Morgan fingerprint density at radius 3 is 3.11 bits per heavy atom. The number of nitrogens with zero attached hydrogens (tertiary/aromatic N) is 3. The van der Waals surface area contributed by atoms with Gasteiger partial charge < -0.3 is 11.1 Å². The quantitative estimate of drug-likeness (QED) is 0.736. The van der Waals surface area contributed by atoms with Crippen LogP contribution in [-0.4, -0.2) is 34.0 Å². The van der Waals surface area contributed by atoms with Crippen LogP contribution in [0.15, 0.2) is 23.7 Å². The number of carbonyl (C=O) groups excluding carboxylic acids is 1. The highest BCUT2D eigenvalue weighted by Gasteiger charge is 2.10. The molecule has 2 rings (SSSR count). The summed E-state index contributed by atoms with van der Waals surface area (Å²) in [7, 11) is 0. The molecular weight excluding hydrogens is 262 g/mol. The molecule has 0 saturated heterocycles. The van der Waals surface area contributed by atoms with E-state index in [4.69, 9.17) is 5.73 Å². The zero-order valence-corrected chi connectivity index (χ0v) is 11.4. The van der Waals surface area contributed by atoms with Crippen molar-refractivity contribution in [2.45, 2.75) is 19.4 Å². The Labute approximate surface area is 115 Å². The number of aromatic nitrogens is 3. The molecule has 0 aliphatic carbocycles. The number of amides is 1. The number of nitrogens with two attached hydrogens (primary N) is 1.